The molecule has 1 nitrogen and oxygen atoms in total. The lowest BCUT2D eigenvalue weighted by Gasteiger charge is -2.17. The van der Waals surface area contributed by atoms with Crippen LogP contribution in [0.4, 0.5) is 13.2 Å². The Hall–Kier alpha value is -1.03. The molecule has 1 rings (SSSR count). The summed E-state index contributed by atoms with van der Waals surface area (Å²) < 4.78 is 36.5. The Morgan fingerprint density at radius 1 is 1.21 bits per heavy atom. The lowest BCUT2D eigenvalue weighted by atomic mass is 10.0. The maximum Gasteiger partial charge on any atom is 0.418 e. The van der Waals surface area contributed by atoms with Crippen LogP contribution in [0.25, 0.3) is 0 Å². The molecule has 4 heteroatoms. The van der Waals surface area contributed by atoms with Crippen LogP contribution in [0.1, 0.15) is 22.8 Å². The van der Waals surface area contributed by atoms with Gasteiger partial charge in [0.2, 0.25) is 0 Å². The molecule has 0 aliphatic rings. The minimum Gasteiger partial charge on any atom is -0.379 e. The van der Waals surface area contributed by atoms with Gasteiger partial charge in [0.05, 0.1) is 0 Å². The van der Waals surface area contributed by atoms with Gasteiger partial charge in [-0.1, -0.05) is 23.8 Å². The van der Waals surface area contributed by atoms with Crippen LogP contribution >= 0.6 is 0 Å². The van der Waals surface area contributed by atoms with Crippen LogP contribution in [0, 0.1) is 13.8 Å². The first-order valence-electron chi connectivity index (χ1n) is 4.14. The van der Waals surface area contributed by atoms with Gasteiger partial charge in [0.25, 0.3) is 0 Å². The van der Waals surface area contributed by atoms with Crippen molar-refractivity contribution in [1.29, 1.82) is 0 Å². The van der Waals surface area contributed by atoms with Gasteiger partial charge in [-0.3, -0.25) is 0 Å². The summed E-state index contributed by atoms with van der Waals surface area (Å²) in [6.07, 6.45) is -6.98. The average Bonchev–Trinajstić information content (AvgIpc) is 2.01. The monoisotopic (exact) mass is 204 g/mol. The molecule has 0 heterocycles. The van der Waals surface area contributed by atoms with E-state index in [-0.39, 0.29) is 5.56 Å². The summed E-state index contributed by atoms with van der Waals surface area (Å²) in [5.74, 6) is 0. The largest absolute Gasteiger partial charge is 0.418 e. The van der Waals surface area contributed by atoms with Crippen LogP contribution in [0.2, 0.25) is 0 Å². The molecule has 1 unspecified atom stereocenters. The number of hydrogen-bond acceptors (Lipinski definition) is 1. The molecule has 1 aromatic carbocycles. The Morgan fingerprint density at radius 2 is 1.79 bits per heavy atom. The molecule has 0 spiro atoms. The fraction of sp³-hybridized carbons (Fsp3) is 0.400. The SMILES string of the molecule is Cc1ccc(C(O)C(F)(F)F)c(C)c1. The third-order valence-corrected chi connectivity index (χ3v) is 2.03. The molecule has 1 N–H and O–H groups in total. The van der Waals surface area contributed by atoms with Crippen LogP contribution < -0.4 is 0 Å². The molecular formula is C10H11F3O. The van der Waals surface area contributed by atoms with Gasteiger partial charge in [0.1, 0.15) is 0 Å². The normalized spacial score (nSPS) is 14.1. The Morgan fingerprint density at radius 3 is 2.21 bits per heavy atom. The zero-order valence-electron chi connectivity index (χ0n) is 7.89. The van der Waals surface area contributed by atoms with E-state index in [1.54, 1.807) is 26.0 Å². The van der Waals surface area contributed by atoms with Crippen molar-refractivity contribution in [3.8, 4) is 0 Å². The zero-order valence-corrected chi connectivity index (χ0v) is 7.89. The van der Waals surface area contributed by atoms with Gasteiger partial charge in [0, 0.05) is 0 Å². The molecule has 0 amide bonds. The molecule has 0 bridgehead atoms. The molecule has 0 saturated heterocycles. The van der Waals surface area contributed by atoms with E-state index in [1.807, 2.05) is 0 Å². The highest BCUT2D eigenvalue weighted by molar-refractivity contribution is 5.32. The molecule has 0 fully saturated rings. The van der Waals surface area contributed by atoms with E-state index in [2.05, 4.69) is 0 Å². The summed E-state index contributed by atoms with van der Waals surface area (Å²) in [6.45, 7) is 3.34. The topological polar surface area (TPSA) is 20.2 Å². The quantitative estimate of drug-likeness (QED) is 0.745. The number of hydrogen-bond donors (Lipinski definition) is 1. The van der Waals surface area contributed by atoms with Gasteiger partial charge in [0.15, 0.2) is 6.10 Å². The predicted molar refractivity (Wildman–Crippen MR) is 46.9 cm³/mol. The van der Waals surface area contributed by atoms with E-state index in [4.69, 9.17) is 5.11 Å². The van der Waals surface area contributed by atoms with Gasteiger partial charge < -0.3 is 5.11 Å². The number of rotatable bonds is 1. The molecule has 0 aromatic heterocycles. The van der Waals surface area contributed by atoms with Crippen LogP contribution in [0.15, 0.2) is 18.2 Å². The molecule has 0 saturated carbocycles. The van der Waals surface area contributed by atoms with E-state index in [0.29, 0.717) is 5.56 Å². The van der Waals surface area contributed by atoms with Crippen molar-refractivity contribution < 1.29 is 18.3 Å². The Balaban J connectivity index is 3.08. The van der Waals surface area contributed by atoms with E-state index in [0.717, 1.165) is 5.56 Å². The van der Waals surface area contributed by atoms with Gasteiger partial charge >= 0.3 is 6.18 Å². The molecule has 1 atom stereocenters. The second kappa shape index (κ2) is 3.61. The van der Waals surface area contributed by atoms with Gasteiger partial charge in [-0.25, -0.2) is 0 Å². The van der Waals surface area contributed by atoms with E-state index in [9.17, 15) is 13.2 Å². The molecular weight excluding hydrogens is 193 g/mol. The van der Waals surface area contributed by atoms with Crippen molar-refractivity contribution in [3.63, 3.8) is 0 Å². The van der Waals surface area contributed by atoms with E-state index >= 15 is 0 Å². The fourth-order valence-electron chi connectivity index (χ4n) is 1.31. The Bertz CT molecular complexity index is 331. The molecule has 0 aliphatic carbocycles. The highest BCUT2D eigenvalue weighted by Gasteiger charge is 2.39. The van der Waals surface area contributed by atoms with Crippen LogP contribution in [-0.4, -0.2) is 11.3 Å². The highest BCUT2D eigenvalue weighted by atomic mass is 19.4. The number of halogens is 3. The van der Waals surface area contributed by atoms with Crippen molar-refractivity contribution in [3.05, 3.63) is 34.9 Å². The molecule has 0 radical (unpaired) electrons. The average molecular weight is 204 g/mol. The number of aliphatic hydroxyl groups excluding tert-OH is 1. The van der Waals surface area contributed by atoms with Gasteiger partial charge in [-0.2, -0.15) is 13.2 Å². The second-order valence-electron chi connectivity index (χ2n) is 3.30. The smallest absolute Gasteiger partial charge is 0.379 e. The van der Waals surface area contributed by atoms with Crippen LogP contribution in [-0.2, 0) is 0 Å². The molecule has 0 aliphatic heterocycles. The van der Waals surface area contributed by atoms with Crippen molar-refractivity contribution in [2.75, 3.05) is 0 Å². The molecule has 78 valence electrons. The minimum atomic E-state index is -4.60. The van der Waals surface area contributed by atoms with Crippen molar-refractivity contribution in [2.45, 2.75) is 26.1 Å². The summed E-state index contributed by atoms with van der Waals surface area (Å²) in [7, 11) is 0. The second-order valence-corrected chi connectivity index (χ2v) is 3.30. The van der Waals surface area contributed by atoms with Crippen LogP contribution in [0.3, 0.4) is 0 Å². The van der Waals surface area contributed by atoms with Gasteiger partial charge in [-0.05, 0) is 25.0 Å². The summed E-state index contributed by atoms with van der Waals surface area (Å²) >= 11 is 0. The third kappa shape index (κ3) is 2.26. The molecule has 1 aromatic rings. The maximum atomic E-state index is 12.2. The summed E-state index contributed by atoms with van der Waals surface area (Å²) in [6, 6.07) is 4.48. The predicted octanol–water partition coefficient (Wildman–Crippen LogP) is 2.90. The standard InChI is InChI=1S/C10H11F3O/c1-6-3-4-8(7(2)5-6)9(14)10(11,12)13/h3-5,9,14H,1-2H3. The van der Waals surface area contributed by atoms with E-state index in [1.165, 1.54) is 6.07 Å². The van der Waals surface area contributed by atoms with Crippen LogP contribution in [0.5, 0.6) is 0 Å². The number of aryl methyl sites for hydroxylation is 2. The number of alkyl halides is 3. The number of benzene rings is 1. The minimum absolute atomic E-state index is 0.0805. The van der Waals surface area contributed by atoms with Gasteiger partial charge in [-0.15, -0.1) is 0 Å². The zero-order chi connectivity index (χ0) is 10.9. The maximum absolute atomic E-state index is 12.2. The first-order chi connectivity index (χ1) is 6.32. The lowest BCUT2D eigenvalue weighted by molar-refractivity contribution is -0.206. The number of aliphatic hydroxyl groups is 1. The first kappa shape index (κ1) is 11.0. The first-order valence-corrected chi connectivity index (χ1v) is 4.14. The summed E-state index contributed by atoms with van der Waals surface area (Å²) in [5.41, 5.74) is 1.25. The summed E-state index contributed by atoms with van der Waals surface area (Å²) in [5, 5.41) is 9.00. The fourth-order valence-corrected chi connectivity index (χ4v) is 1.31. The van der Waals surface area contributed by atoms with Crippen molar-refractivity contribution in [2.24, 2.45) is 0 Å². The Labute approximate surface area is 80.2 Å². The molecule has 14 heavy (non-hydrogen) atoms. The summed E-state index contributed by atoms with van der Waals surface area (Å²) in [4.78, 5) is 0. The lowest BCUT2D eigenvalue weighted by Crippen LogP contribution is -2.21. The highest BCUT2D eigenvalue weighted by Crippen LogP contribution is 2.33. The third-order valence-electron chi connectivity index (χ3n) is 2.03. The van der Waals surface area contributed by atoms with Crippen molar-refractivity contribution >= 4 is 0 Å². The van der Waals surface area contributed by atoms with Crippen molar-refractivity contribution in [1.82, 2.24) is 0 Å². The Kier molecular flexibility index (Phi) is 2.85. The van der Waals surface area contributed by atoms with E-state index < -0.39 is 12.3 Å².